The Morgan fingerprint density at radius 1 is 1.24 bits per heavy atom. The molecule has 2 aromatic rings. The highest BCUT2D eigenvalue weighted by Crippen LogP contribution is 2.05. The number of benzene rings is 1. The molecule has 5 heteroatoms. The predicted molar refractivity (Wildman–Crippen MR) is 77.5 cm³/mol. The van der Waals surface area contributed by atoms with Gasteiger partial charge in [-0.15, -0.1) is 0 Å². The predicted octanol–water partition coefficient (Wildman–Crippen LogP) is 2.70. The van der Waals surface area contributed by atoms with Gasteiger partial charge in [-0.05, 0) is 30.5 Å². The molecule has 1 aromatic carbocycles. The Morgan fingerprint density at radius 3 is 2.76 bits per heavy atom. The average Bonchev–Trinajstić information content (AvgIpc) is 2.98. The highest BCUT2D eigenvalue weighted by molar-refractivity contribution is 5.80. The molecule has 0 atom stereocenters. The minimum absolute atomic E-state index is 0.107. The summed E-state index contributed by atoms with van der Waals surface area (Å²) in [4.78, 5) is 18.7. The smallest absolute Gasteiger partial charge is 0.139 e. The number of nitrogens with zero attached hydrogens (tertiary/aromatic N) is 1. The first-order valence-corrected chi connectivity index (χ1v) is 7.05. The third-order valence-electron chi connectivity index (χ3n) is 3.13. The molecule has 21 heavy (non-hydrogen) atoms. The summed E-state index contributed by atoms with van der Waals surface area (Å²) in [6.45, 7) is 1.06. The number of carbonyl (C=O) groups is 1. The van der Waals surface area contributed by atoms with Gasteiger partial charge in [0.05, 0.1) is 12.9 Å². The van der Waals surface area contributed by atoms with Crippen molar-refractivity contribution in [3.8, 4) is 0 Å². The molecule has 0 saturated heterocycles. The van der Waals surface area contributed by atoms with Crippen molar-refractivity contribution >= 4 is 5.78 Å². The van der Waals surface area contributed by atoms with Crippen LogP contribution < -0.4 is 0 Å². The van der Waals surface area contributed by atoms with Crippen LogP contribution in [-0.2, 0) is 22.4 Å². The van der Waals surface area contributed by atoms with Crippen molar-refractivity contribution in [2.75, 3.05) is 13.2 Å². The number of Topliss-reactive ketones (excluding diaryl/α,β-unsaturated/α-hetero) is 1. The lowest BCUT2D eigenvalue weighted by Crippen LogP contribution is -2.08. The van der Waals surface area contributed by atoms with Crippen LogP contribution in [0.4, 0.5) is 4.39 Å². The number of ketones is 1. The second kappa shape index (κ2) is 8.32. The van der Waals surface area contributed by atoms with Crippen molar-refractivity contribution in [3.05, 3.63) is 53.9 Å². The number of imidazole rings is 1. The molecule has 1 N–H and O–H groups in total. The van der Waals surface area contributed by atoms with Gasteiger partial charge in [0.1, 0.15) is 11.6 Å². The molecule has 0 aliphatic heterocycles. The van der Waals surface area contributed by atoms with Gasteiger partial charge in [0.25, 0.3) is 0 Å². The summed E-state index contributed by atoms with van der Waals surface area (Å²) in [6, 6.07) is 6.01. The molecule has 0 saturated carbocycles. The number of aryl methyl sites for hydroxylation is 1. The van der Waals surface area contributed by atoms with E-state index in [9.17, 15) is 9.18 Å². The zero-order valence-electron chi connectivity index (χ0n) is 11.8. The molecule has 0 unspecified atom stereocenters. The fourth-order valence-electron chi connectivity index (χ4n) is 1.99. The van der Waals surface area contributed by atoms with E-state index in [0.717, 1.165) is 24.1 Å². The Balaban J connectivity index is 1.54. The summed E-state index contributed by atoms with van der Waals surface area (Å²) in [7, 11) is 0. The first-order chi connectivity index (χ1) is 10.2. The van der Waals surface area contributed by atoms with Gasteiger partial charge in [-0.1, -0.05) is 12.1 Å². The second-order valence-corrected chi connectivity index (χ2v) is 4.88. The fraction of sp³-hybridized carbons (Fsp3) is 0.375. The average molecular weight is 290 g/mol. The van der Waals surface area contributed by atoms with Crippen molar-refractivity contribution < 1.29 is 13.9 Å². The van der Waals surface area contributed by atoms with E-state index in [4.69, 9.17) is 4.74 Å². The third-order valence-corrected chi connectivity index (χ3v) is 3.13. The first-order valence-electron chi connectivity index (χ1n) is 7.05. The molecule has 2 rings (SSSR count). The highest BCUT2D eigenvalue weighted by atomic mass is 19.1. The van der Waals surface area contributed by atoms with Crippen LogP contribution in [-0.4, -0.2) is 29.0 Å². The monoisotopic (exact) mass is 290 g/mol. The number of H-pyrrole nitrogens is 1. The molecule has 1 aromatic heterocycles. The van der Waals surface area contributed by atoms with E-state index in [1.54, 1.807) is 24.7 Å². The fourth-order valence-corrected chi connectivity index (χ4v) is 1.99. The molecule has 112 valence electrons. The van der Waals surface area contributed by atoms with Crippen LogP contribution in [0.3, 0.4) is 0 Å². The number of ether oxygens (including phenoxy) is 1. The van der Waals surface area contributed by atoms with Crippen molar-refractivity contribution in [1.29, 1.82) is 0 Å². The Bertz CT molecular complexity index is 538. The summed E-state index contributed by atoms with van der Waals surface area (Å²) in [5.74, 6) is -0.179. The maximum Gasteiger partial charge on any atom is 0.139 e. The zero-order chi connectivity index (χ0) is 14.9. The lowest BCUT2D eigenvalue weighted by molar-refractivity contribution is -0.119. The van der Waals surface area contributed by atoms with Gasteiger partial charge in [-0.25, -0.2) is 9.37 Å². The van der Waals surface area contributed by atoms with Crippen LogP contribution in [0.25, 0.3) is 0 Å². The van der Waals surface area contributed by atoms with E-state index < -0.39 is 0 Å². The summed E-state index contributed by atoms with van der Waals surface area (Å²) < 4.78 is 18.2. The lowest BCUT2D eigenvalue weighted by Gasteiger charge is -2.04. The van der Waals surface area contributed by atoms with Gasteiger partial charge >= 0.3 is 0 Å². The largest absolute Gasteiger partial charge is 0.381 e. The van der Waals surface area contributed by atoms with Crippen LogP contribution >= 0.6 is 0 Å². The Kier molecular flexibility index (Phi) is 6.09. The number of halogens is 1. The van der Waals surface area contributed by atoms with Crippen LogP contribution in [0.2, 0.25) is 0 Å². The van der Waals surface area contributed by atoms with E-state index in [2.05, 4.69) is 9.97 Å². The molecule has 0 aliphatic carbocycles. The number of nitrogens with one attached hydrogen (secondary N) is 1. The van der Waals surface area contributed by atoms with Crippen molar-refractivity contribution in [2.24, 2.45) is 0 Å². The molecule has 1 heterocycles. The lowest BCUT2D eigenvalue weighted by atomic mass is 10.1. The van der Waals surface area contributed by atoms with Gasteiger partial charge in [0.2, 0.25) is 0 Å². The van der Waals surface area contributed by atoms with Gasteiger partial charge in [-0.3, -0.25) is 4.79 Å². The van der Waals surface area contributed by atoms with Crippen molar-refractivity contribution in [3.63, 3.8) is 0 Å². The summed E-state index contributed by atoms with van der Waals surface area (Å²) in [6.07, 6.45) is 5.97. The number of aromatic amines is 1. The van der Waals surface area contributed by atoms with E-state index >= 15 is 0 Å². The second-order valence-electron chi connectivity index (χ2n) is 4.88. The minimum atomic E-state index is -0.285. The number of aromatic nitrogens is 2. The highest BCUT2D eigenvalue weighted by Gasteiger charge is 2.04. The summed E-state index contributed by atoms with van der Waals surface area (Å²) in [5, 5.41) is 0. The Hall–Kier alpha value is -2.01. The van der Waals surface area contributed by atoms with Gasteiger partial charge in [0.15, 0.2) is 0 Å². The molecule has 0 spiro atoms. The van der Waals surface area contributed by atoms with Gasteiger partial charge in [0, 0.05) is 31.3 Å². The molecular formula is C16H19FN2O2. The van der Waals surface area contributed by atoms with E-state index in [1.165, 1.54) is 12.1 Å². The Morgan fingerprint density at radius 2 is 2.05 bits per heavy atom. The quantitative estimate of drug-likeness (QED) is 0.722. The summed E-state index contributed by atoms with van der Waals surface area (Å²) in [5.41, 5.74) is 1.92. The maximum atomic E-state index is 12.7. The van der Waals surface area contributed by atoms with Crippen LogP contribution in [0.15, 0.2) is 36.8 Å². The van der Waals surface area contributed by atoms with Crippen molar-refractivity contribution in [2.45, 2.75) is 25.7 Å². The van der Waals surface area contributed by atoms with Crippen molar-refractivity contribution in [1.82, 2.24) is 9.97 Å². The first kappa shape index (κ1) is 15.4. The van der Waals surface area contributed by atoms with E-state index in [-0.39, 0.29) is 11.6 Å². The number of carbonyl (C=O) groups excluding carboxylic acids is 1. The van der Waals surface area contributed by atoms with E-state index in [1.807, 2.05) is 0 Å². The minimum Gasteiger partial charge on any atom is -0.381 e. The standard InChI is InChI=1S/C16H19FN2O2/c17-14-5-3-13(4-6-14)10-16(20)7-9-21-8-1-2-15-11-18-12-19-15/h3-6,11-12H,1-2,7-10H2,(H,18,19). The molecule has 0 bridgehead atoms. The Labute approximate surface area is 123 Å². The number of hydrogen-bond donors (Lipinski definition) is 1. The third kappa shape index (κ3) is 5.87. The molecule has 0 fully saturated rings. The molecular weight excluding hydrogens is 271 g/mol. The number of rotatable bonds is 9. The van der Waals surface area contributed by atoms with Crippen LogP contribution in [0, 0.1) is 5.82 Å². The topological polar surface area (TPSA) is 55.0 Å². The zero-order valence-corrected chi connectivity index (χ0v) is 11.8. The summed E-state index contributed by atoms with van der Waals surface area (Å²) >= 11 is 0. The normalized spacial score (nSPS) is 10.7. The van der Waals surface area contributed by atoms with Crippen LogP contribution in [0.1, 0.15) is 24.1 Å². The molecule has 4 nitrogen and oxygen atoms in total. The van der Waals surface area contributed by atoms with Gasteiger partial charge < -0.3 is 9.72 Å². The maximum absolute atomic E-state index is 12.7. The van der Waals surface area contributed by atoms with Crippen LogP contribution in [0.5, 0.6) is 0 Å². The molecule has 0 aliphatic rings. The molecule has 0 amide bonds. The SMILES string of the molecule is O=C(CCOCCCc1cnc[nH]1)Cc1ccc(F)cc1. The number of hydrogen-bond acceptors (Lipinski definition) is 3. The molecule has 0 radical (unpaired) electrons. The van der Waals surface area contributed by atoms with Gasteiger partial charge in [-0.2, -0.15) is 0 Å². The van der Waals surface area contributed by atoms with E-state index in [0.29, 0.717) is 26.1 Å².